The van der Waals surface area contributed by atoms with Gasteiger partial charge in [0.2, 0.25) is 0 Å². The zero-order chi connectivity index (χ0) is 14.9. The maximum Gasteiger partial charge on any atom is 0.490 e. The fourth-order valence-corrected chi connectivity index (χ4v) is 1.43. The first kappa shape index (κ1) is 17.9. The maximum absolute atomic E-state index is 10.6. The zero-order valence-electron chi connectivity index (χ0n) is 10.6. The Morgan fingerprint density at radius 3 is 2.53 bits per heavy atom. The molecule has 1 saturated heterocycles. The molecule has 0 spiro atoms. The number of alkyl halides is 3. The van der Waals surface area contributed by atoms with Gasteiger partial charge in [-0.05, 0) is 13.0 Å². The van der Waals surface area contributed by atoms with Crippen molar-refractivity contribution in [2.45, 2.75) is 24.8 Å². The Bertz CT molecular complexity index is 284. The molecule has 1 aliphatic heterocycles. The van der Waals surface area contributed by atoms with Crippen molar-refractivity contribution < 1.29 is 32.5 Å². The van der Waals surface area contributed by atoms with Gasteiger partial charge in [-0.1, -0.05) is 6.08 Å². The molecule has 1 heterocycles. The van der Waals surface area contributed by atoms with Crippen LogP contribution in [0, 0.1) is 0 Å². The molecule has 0 saturated carbocycles. The summed E-state index contributed by atoms with van der Waals surface area (Å²) in [6.45, 7) is 6.11. The molecule has 2 unspecified atom stereocenters. The van der Waals surface area contributed by atoms with E-state index in [0.717, 1.165) is 19.5 Å². The third-order valence-electron chi connectivity index (χ3n) is 2.34. The molecule has 2 atom stereocenters. The molecule has 19 heavy (non-hydrogen) atoms. The Hall–Kier alpha value is -1.12. The van der Waals surface area contributed by atoms with Gasteiger partial charge in [0.05, 0.1) is 18.8 Å². The van der Waals surface area contributed by atoms with Crippen molar-refractivity contribution in [3.63, 3.8) is 0 Å². The minimum absolute atomic E-state index is 0.182. The summed E-state index contributed by atoms with van der Waals surface area (Å²) in [5, 5.41) is 10.4. The number of halogens is 3. The fourth-order valence-electron chi connectivity index (χ4n) is 1.43. The second-order valence-electron chi connectivity index (χ2n) is 3.73. The van der Waals surface area contributed by atoms with Crippen LogP contribution < -0.4 is 5.32 Å². The van der Waals surface area contributed by atoms with E-state index < -0.39 is 12.1 Å². The first-order chi connectivity index (χ1) is 8.82. The Morgan fingerprint density at radius 1 is 1.53 bits per heavy atom. The van der Waals surface area contributed by atoms with Gasteiger partial charge in [-0.15, -0.1) is 6.58 Å². The van der Waals surface area contributed by atoms with Gasteiger partial charge in [0.15, 0.2) is 0 Å². The molecule has 1 aliphatic rings. The normalized spacial score (nSPS) is 23.2. The zero-order valence-corrected chi connectivity index (χ0v) is 10.6. The average molecular weight is 285 g/mol. The molecule has 2 N–H and O–H groups in total. The summed E-state index contributed by atoms with van der Waals surface area (Å²) in [6.07, 6.45) is -1.87. The molecular formula is C11H18F3NO4. The maximum atomic E-state index is 10.6. The number of nitrogens with one attached hydrogen (secondary N) is 1. The molecule has 0 aromatic heterocycles. The van der Waals surface area contributed by atoms with Crippen LogP contribution in [0.2, 0.25) is 0 Å². The Morgan fingerprint density at radius 2 is 2.11 bits per heavy atom. The van der Waals surface area contributed by atoms with Gasteiger partial charge in [0, 0.05) is 13.7 Å². The lowest BCUT2D eigenvalue weighted by Crippen LogP contribution is -2.46. The van der Waals surface area contributed by atoms with Crippen LogP contribution >= 0.6 is 0 Å². The number of aliphatic carboxylic acids is 1. The highest BCUT2D eigenvalue weighted by molar-refractivity contribution is 5.73. The fraction of sp³-hybridized carbons (Fsp3) is 0.727. The summed E-state index contributed by atoms with van der Waals surface area (Å²) in [6, 6.07) is 0. The van der Waals surface area contributed by atoms with Crippen molar-refractivity contribution in [2.75, 3.05) is 26.8 Å². The SMILES string of the molecule is C=CCOC1CNCCC1OC.O=C(O)C(F)(F)F. The van der Waals surface area contributed by atoms with Gasteiger partial charge in [-0.25, -0.2) is 4.79 Å². The molecule has 8 heteroatoms. The Balaban J connectivity index is 0.000000399. The average Bonchev–Trinajstić information content (AvgIpc) is 2.36. The van der Waals surface area contributed by atoms with Crippen LogP contribution in [0.25, 0.3) is 0 Å². The molecule has 112 valence electrons. The standard InChI is InChI=1S/C9H17NO2.C2HF3O2/c1-3-6-12-9-7-10-5-4-8(9)11-2;3-2(4,5)1(6)7/h3,8-10H,1,4-7H2,2H3;(H,6,7). The summed E-state index contributed by atoms with van der Waals surface area (Å²) in [7, 11) is 1.74. The highest BCUT2D eigenvalue weighted by atomic mass is 19.4. The molecule has 1 fully saturated rings. The largest absolute Gasteiger partial charge is 0.490 e. The second-order valence-corrected chi connectivity index (χ2v) is 3.73. The first-order valence-corrected chi connectivity index (χ1v) is 5.59. The molecule has 0 aromatic rings. The highest BCUT2D eigenvalue weighted by Crippen LogP contribution is 2.13. The van der Waals surface area contributed by atoms with Gasteiger partial charge < -0.3 is 19.9 Å². The van der Waals surface area contributed by atoms with E-state index in [1.165, 1.54) is 0 Å². The van der Waals surface area contributed by atoms with Crippen LogP contribution in [-0.4, -0.2) is 56.3 Å². The van der Waals surface area contributed by atoms with Crippen LogP contribution in [0.3, 0.4) is 0 Å². The number of carboxylic acid groups (broad SMARTS) is 1. The van der Waals surface area contributed by atoms with Crippen molar-refractivity contribution in [3.8, 4) is 0 Å². The van der Waals surface area contributed by atoms with Crippen molar-refractivity contribution in [1.82, 2.24) is 5.32 Å². The van der Waals surface area contributed by atoms with Crippen molar-refractivity contribution in [2.24, 2.45) is 0 Å². The van der Waals surface area contributed by atoms with Gasteiger partial charge in [0.25, 0.3) is 0 Å². The van der Waals surface area contributed by atoms with E-state index >= 15 is 0 Å². The Kier molecular flexibility index (Phi) is 8.37. The van der Waals surface area contributed by atoms with Gasteiger partial charge in [0.1, 0.15) is 0 Å². The molecule has 0 amide bonds. The smallest absolute Gasteiger partial charge is 0.475 e. The van der Waals surface area contributed by atoms with Crippen LogP contribution in [0.15, 0.2) is 12.7 Å². The molecule has 0 aromatic carbocycles. The highest BCUT2D eigenvalue weighted by Gasteiger charge is 2.38. The summed E-state index contributed by atoms with van der Waals surface area (Å²) in [5.74, 6) is -2.76. The lowest BCUT2D eigenvalue weighted by molar-refractivity contribution is -0.192. The van der Waals surface area contributed by atoms with E-state index in [-0.39, 0.29) is 12.2 Å². The second kappa shape index (κ2) is 8.89. The summed E-state index contributed by atoms with van der Waals surface area (Å²) >= 11 is 0. The van der Waals surface area contributed by atoms with E-state index in [2.05, 4.69) is 11.9 Å². The van der Waals surface area contributed by atoms with E-state index in [1.807, 2.05) is 0 Å². The van der Waals surface area contributed by atoms with Crippen molar-refractivity contribution in [3.05, 3.63) is 12.7 Å². The molecular weight excluding hydrogens is 267 g/mol. The number of carbonyl (C=O) groups is 1. The van der Waals surface area contributed by atoms with Crippen LogP contribution in [0.5, 0.6) is 0 Å². The Labute approximate surface area is 109 Å². The van der Waals surface area contributed by atoms with E-state index in [4.69, 9.17) is 19.4 Å². The number of ether oxygens (including phenoxy) is 2. The van der Waals surface area contributed by atoms with E-state index in [9.17, 15) is 13.2 Å². The van der Waals surface area contributed by atoms with E-state index in [0.29, 0.717) is 6.61 Å². The molecule has 0 aliphatic carbocycles. The van der Waals surface area contributed by atoms with Gasteiger partial charge in [-0.2, -0.15) is 13.2 Å². The first-order valence-electron chi connectivity index (χ1n) is 5.59. The predicted molar refractivity (Wildman–Crippen MR) is 61.9 cm³/mol. The topological polar surface area (TPSA) is 67.8 Å². The number of rotatable bonds is 4. The third kappa shape index (κ3) is 7.81. The minimum Gasteiger partial charge on any atom is -0.475 e. The molecule has 0 radical (unpaired) electrons. The van der Waals surface area contributed by atoms with Gasteiger partial charge >= 0.3 is 12.1 Å². The number of hydrogen-bond acceptors (Lipinski definition) is 4. The van der Waals surface area contributed by atoms with Crippen LogP contribution in [0.1, 0.15) is 6.42 Å². The van der Waals surface area contributed by atoms with Crippen LogP contribution in [-0.2, 0) is 14.3 Å². The summed E-state index contributed by atoms with van der Waals surface area (Å²) in [5.41, 5.74) is 0. The third-order valence-corrected chi connectivity index (χ3v) is 2.34. The summed E-state index contributed by atoms with van der Waals surface area (Å²) < 4.78 is 42.6. The molecule has 0 bridgehead atoms. The monoisotopic (exact) mass is 285 g/mol. The quantitative estimate of drug-likeness (QED) is 0.760. The van der Waals surface area contributed by atoms with Crippen molar-refractivity contribution >= 4 is 5.97 Å². The van der Waals surface area contributed by atoms with E-state index in [1.54, 1.807) is 13.2 Å². The number of hydrogen-bond donors (Lipinski definition) is 2. The van der Waals surface area contributed by atoms with Crippen LogP contribution in [0.4, 0.5) is 13.2 Å². The number of piperidine rings is 1. The minimum atomic E-state index is -5.08. The molecule has 5 nitrogen and oxygen atoms in total. The molecule has 1 rings (SSSR count). The van der Waals surface area contributed by atoms with Crippen molar-refractivity contribution in [1.29, 1.82) is 0 Å². The summed E-state index contributed by atoms with van der Waals surface area (Å²) in [4.78, 5) is 8.90. The van der Waals surface area contributed by atoms with Gasteiger partial charge in [-0.3, -0.25) is 0 Å². The lowest BCUT2D eigenvalue weighted by atomic mass is 10.1. The number of methoxy groups -OCH3 is 1. The number of carboxylic acids is 1. The lowest BCUT2D eigenvalue weighted by Gasteiger charge is -2.30. The predicted octanol–water partition coefficient (Wildman–Crippen LogP) is 1.20.